The van der Waals surface area contributed by atoms with Crippen molar-refractivity contribution in [2.45, 2.75) is 23.0 Å². The van der Waals surface area contributed by atoms with Gasteiger partial charge in [0.1, 0.15) is 6.29 Å². The Morgan fingerprint density at radius 1 is 1.00 bits per heavy atom. The molecule has 3 unspecified atom stereocenters. The van der Waals surface area contributed by atoms with E-state index in [-0.39, 0.29) is 10.8 Å². The molecule has 3 nitrogen and oxygen atoms in total. The molecular formula is C17H15ClO3S. The molecule has 0 saturated heterocycles. The fourth-order valence-corrected chi connectivity index (χ4v) is 5.09. The minimum atomic E-state index is -3.52. The van der Waals surface area contributed by atoms with Crippen molar-refractivity contribution >= 4 is 27.7 Å². The van der Waals surface area contributed by atoms with Crippen LogP contribution in [0.5, 0.6) is 0 Å². The molecule has 0 spiro atoms. The van der Waals surface area contributed by atoms with Crippen LogP contribution in [0.2, 0.25) is 5.02 Å². The molecule has 2 aromatic rings. The van der Waals surface area contributed by atoms with Crippen molar-refractivity contribution in [2.24, 2.45) is 5.92 Å². The van der Waals surface area contributed by atoms with Gasteiger partial charge in [0.15, 0.2) is 9.84 Å². The number of halogens is 1. The maximum atomic E-state index is 12.7. The zero-order valence-electron chi connectivity index (χ0n) is 11.9. The summed E-state index contributed by atoms with van der Waals surface area (Å²) >= 11 is 5.86. The molecule has 1 aliphatic rings. The molecular weight excluding hydrogens is 320 g/mol. The summed E-state index contributed by atoms with van der Waals surface area (Å²) in [5.74, 6) is -0.784. The van der Waals surface area contributed by atoms with Crippen LogP contribution >= 0.6 is 11.6 Å². The Labute approximate surface area is 134 Å². The quantitative estimate of drug-likeness (QED) is 0.805. The predicted octanol–water partition coefficient (Wildman–Crippen LogP) is 3.40. The molecule has 5 heteroatoms. The molecule has 0 bridgehead atoms. The third-order valence-electron chi connectivity index (χ3n) is 4.13. The number of hydrogen-bond donors (Lipinski definition) is 0. The van der Waals surface area contributed by atoms with Crippen LogP contribution in [0.3, 0.4) is 0 Å². The van der Waals surface area contributed by atoms with Crippen molar-refractivity contribution in [1.29, 1.82) is 0 Å². The van der Waals surface area contributed by atoms with E-state index in [9.17, 15) is 13.2 Å². The topological polar surface area (TPSA) is 51.2 Å². The van der Waals surface area contributed by atoms with Crippen molar-refractivity contribution in [3.8, 4) is 0 Å². The van der Waals surface area contributed by atoms with E-state index in [1.54, 1.807) is 48.5 Å². The number of sulfone groups is 1. The maximum absolute atomic E-state index is 12.7. The van der Waals surface area contributed by atoms with Crippen molar-refractivity contribution < 1.29 is 13.2 Å². The number of rotatable bonds is 4. The van der Waals surface area contributed by atoms with Gasteiger partial charge in [0.2, 0.25) is 0 Å². The summed E-state index contributed by atoms with van der Waals surface area (Å²) in [4.78, 5) is 11.5. The second kappa shape index (κ2) is 5.52. The lowest BCUT2D eigenvalue weighted by Crippen LogP contribution is -2.11. The average Bonchev–Trinajstić information content (AvgIpc) is 3.24. The van der Waals surface area contributed by atoms with E-state index in [0.717, 1.165) is 17.4 Å². The number of benzene rings is 2. The van der Waals surface area contributed by atoms with E-state index < -0.39 is 21.0 Å². The Bertz CT molecular complexity index is 795. The molecule has 0 heterocycles. The summed E-state index contributed by atoms with van der Waals surface area (Å²) in [7, 11) is -3.52. The molecule has 0 aliphatic heterocycles. The molecule has 3 atom stereocenters. The first-order valence-corrected chi connectivity index (χ1v) is 8.89. The van der Waals surface area contributed by atoms with E-state index in [0.29, 0.717) is 5.02 Å². The Morgan fingerprint density at radius 2 is 1.59 bits per heavy atom. The Hall–Kier alpha value is -1.65. The summed E-state index contributed by atoms with van der Waals surface area (Å²) in [5.41, 5.74) is 1.83. The van der Waals surface area contributed by atoms with Gasteiger partial charge in [-0.25, -0.2) is 8.42 Å². The molecule has 0 radical (unpaired) electrons. The lowest BCUT2D eigenvalue weighted by molar-refractivity contribution is -0.108. The second-order valence-electron chi connectivity index (χ2n) is 5.61. The van der Waals surface area contributed by atoms with Crippen LogP contribution in [0, 0.1) is 12.8 Å². The molecule has 1 saturated carbocycles. The van der Waals surface area contributed by atoms with Gasteiger partial charge in [0.05, 0.1) is 10.1 Å². The van der Waals surface area contributed by atoms with Gasteiger partial charge in [0, 0.05) is 16.9 Å². The standard InChI is InChI=1S/C17H15ClO3S/c1-11-2-8-14(9-3-11)22(20,21)17-15(10-19)16(17)12-4-6-13(18)7-5-12/h2-10,15-17H,1H3. The molecule has 0 aromatic heterocycles. The van der Waals surface area contributed by atoms with Crippen molar-refractivity contribution in [3.63, 3.8) is 0 Å². The molecule has 2 aromatic carbocycles. The van der Waals surface area contributed by atoms with Crippen LogP contribution in [-0.4, -0.2) is 20.0 Å². The first-order valence-electron chi connectivity index (χ1n) is 6.96. The summed E-state index contributed by atoms with van der Waals surface area (Å²) in [6.07, 6.45) is 0.746. The van der Waals surface area contributed by atoms with Gasteiger partial charge in [-0.2, -0.15) is 0 Å². The van der Waals surface area contributed by atoms with Gasteiger partial charge in [0.25, 0.3) is 0 Å². The number of aldehydes is 1. The summed E-state index contributed by atoms with van der Waals surface area (Å²) in [6, 6.07) is 13.7. The van der Waals surface area contributed by atoms with Crippen LogP contribution in [-0.2, 0) is 14.6 Å². The van der Waals surface area contributed by atoms with Crippen LogP contribution in [0.4, 0.5) is 0 Å². The fourth-order valence-electron chi connectivity index (χ4n) is 2.85. The minimum Gasteiger partial charge on any atom is -0.303 e. The van der Waals surface area contributed by atoms with Crippen molar-refractivity contribution in [3.05, 3.63) is 64.7 Å². The Morgan fingerprint density at radius 3 is 2.14 bits per heavy atom. The van der Waals surface area contributed by atoms with E-state index in [4.69, 9.17) is 11.6 Å². The normalized spacial score (nSPS) is 24.0. The first-order chi connectivity index (χ1) is 10.4. The molecule has 0 amide bonds. The largest absolute Gasteiger partial charge is 0.303 e. The highest BCUT2D eigenvalue weighted by atomic mass is 35.5. The van der Waals surface area contributed by atoms with Gasteiger partial charge in [-0.1, -0.05) is 41.4 Å². The minimum absolute atomic E-state index is 0.270. The van der Waals surface area contributed by atoms with E-state index in [1.165, 1.54) is 0 Å². The average molecular weight is 335 g/mol. The van der Waals surface area contributed by atoms with Gasteiger partial charge in [-0.05, 0) is 36.8 Å². The smallest absolute Gasteiger partial charge is 0.182 e. The van der Waals surface area contributed by atoms with E-state index >= 15 is 0 Å². The Kier molecular flexibility index (Phi) is 3.83. The number of carbonyl (C=O) groups excluding carboxylic acids is 1. The monoisotopic (exact) mass is 334 g/mol. The molecule has 3 rings (SSSR count). The SMILES string of the molecule is Cc1ccc(S(=O)(=O)C2C(C=O)C2c2ccc(Cl)cc2)cc1. The van der Waals surface area contributed by atoms with E-state index in [1.807, 2.05) is 6.92 Å². The van der Waals surface area contributed by atoms with Crippen LogP contribution < -0.4 is 0 Å². The molecule has 22 heavy (non-hydrogen) atoms. The van der Waals surface area contributed by atoms with Gasteiger partial charge < -0.3 is 4.79 Å². The van der Waals surface area contributed by atoms with Crippen LogP contribution in [0.1, 0.15) is 17.0 Å². The number of hydrogen-bond acceptors (Lipinski definition) is 3. The van der Waals surface area contributed by atoms with Crippen molar-refractivity contribution in [2.75, 3.05) is 0 Å². The highest BCUT2D eigenvalue weighted by Gasteiger charge is 2.58. The highest BCUT2D eigenvalue weighted by Crippen LogP contribution is 2.52. The molecule has 1 fully saturated rings. The third-order valence-corrected chi connectivity index (χ3v) is 6.63. The summed E-state index contributed by atoms with van der Waals surface area (Å²) in [6.45, 7) is 1.90. The summed E-state index contributed by atoms with van der Waals surface area (Å²) < 4.78 is 25.5. The zero-order valence-corrected chi connectivity index (χ0v) is 13.5. The van der Waals surface area contributed by atoms with Crippen molar-refractivity contribution in [1.82, 2.24) is 0 Å². The highest BCUT2D eigenvalue weighted by molar-refractivity contribution is 7.92. The predicted molar refractivity (Wildman–Crippen MR) is 85.9 cm³/mol. The lowest BCUT2D eigenvalue weighted by atomic mass is 10.1. The Balaban J connectivity index is 1.95. The van der Waals surface area contributed by atoms with Gasteiger partial charge in [-0.3, -0.25) is 0 Å². The third kappa shape index (κ3) is 2.57. The zero-order chi connectivity index (χ0) is 15.9. The molecule has 114 valence electrons. The van der Waals surface area contributed by atoms with E-state index in [2.05, 4.69) is 0 Å². The lowest BCUT2D eigenvalue weighted by Gasteiger charge is -2.05. The molecule has 0 N–H and O–H groups in total. The fraction of sp³-hybridized carbons (Fsp3) is 0.235. The number of carbonyl (C=O) groups is 1. The molecule has 1 aliphatic carbocycles. The first kappa shape index (κ1) is 15.3. The maximum Gasteiger partial charge on any atom is 0.182 e. The van der Waals surface area contributed by atoms with Gasteiger partial charge >= 0.3 is 0 Å². The number of aryl methyl sites for hydroxylation is 1. The van der Waals surface area contributed by atoms with Gasteiger partial charge in [-0.15, -0.1) is 0 Å². The second-order valence-corrected chi connectivity index (χ2v) is 8.16. The summed E-state index contributed by atoms with van der Waals surface area (Å²) in [5, 5.41) is -0.0983. The van der Waals surface area contributed by atoms with Crippen LogP contribution in [0.25, 0.3) is 0 Å². The van der Waals surface area contributed by atoms with Crippen LogP contribution in [0.15, 0.2) is 53.4 Å².